The second-order valence-corrected chi connectivity index (χ2v) is 4.91. The number of hydrogen-bond donors (Lipinski definition) is 2. The van der Waals surface area contributed by atoms with E-state index in [0.29, 0.717) is 0 Å². The lowest BCUT2D eigenvalue weighted by Gasteiger charge is -2.13. The highest BCUT2D eigenvalue weighted by Gasteiger charge is 2.09. The molecule has 0 spiro atoms. The molecule has 0 radical (unpaired) electrons. The molecule has 0 aliphatic rings. The van der Waals surface area contributed by atoms with Gasteiger partial charge >= 0.3 is 0 Å². The molecule has 0 unspecified atom stereocenters. The minimum Gasteiger partial charge on any atom is -0.396 e. The highest BCUT2D eigenvalue weighted by Crippen LogP contribution is 2.27. The highest BCUT2D eigenvalue weighted by atomic mass is 79.9. The van der Waals surface area contributed by atoms with Gasteiger partial charge in [0.2, 0.25) is 0 Å². The average molecular weight is 323 g/mol. The van der Waals surface area contributed by atoms with E-state index in [4.69, 9.17) is 10.8 Å². The average Bonchev–Trinajstić information content (AvgIpc) is 2.18. The third kappa shape index (κ3) is 3.35. The molecule has 0 fully saturated rings. The molecule has 0 aromatic heterocycles. The van der Waals surface area contributed by atoms with E-state index in [1.54, 1.807) is 0 Å². The third-order valence-corrected chi connectivity index (χ3v) is 3.25. The zero-order valence-corrected chi connectivity index (χ0v) is 10.9. The number of nitrogens with two attached hydrogens (primary N) is 1. The molecule has 4 heteroatoms. The predicted molar refractivity (Wildman–Crippen MR) is 65.1 cm³/mol. The lowest BCUT2D eigenvalue weighted by atomic mass is 10.0. The molecular formula is C10H13Br2NO. The second kappa shape index (κ2) is 5.85. The van der Waals surface area contributed by atoms with Crippen molar-refractivity contribution in [3.63, 3.8) is 0 Å². The van der Waals surface area contributed by atoms with E-state index in [2.05, 4.69) is 31.9 Å². The maximum absolute atomic E-state index is 8.71. The normalized spacial score (nSPS) is 12.9. The molecule has 0 amide bonds. The van der Waals surface area contributed by atoms with Crippen molar-refractivity contribution in [2.24, 2.45) is 5.73 Å². The van der Waals surface area contributed by atoms with E-state index < -0.39 is 0 Å². The van der Waals surface area contributed by atoms with Crippen LogP contribution in [-0.4, -0.2) is 11.7 Å². The van der Waals surface area contributed by atoms with Gasteiger partial charge < -0.3 is 10.8 Å². The SMILES string of the molecule is N[C@@H](CCCO)c1cc(Br)ccc1Br. The van der Waals surface area contributed by atoms with Crippen LogP contribution in [0.4, 0.5) is 0 Å². The van der Waals surface area contributed by atoms with E-state index in [-0.39, 0.29) is 12.6 Å². The van der Waals surface area contributed by atoms with Gasteiger partial charge in [-0.2, -0.15) is 0 Å². The molecule has 14 heavy (non-hydrogen) atoms. The fraction of sp³-hybridized carbons (Fsp3) is 0.400. The van der Waals surface area contributed by atoms with Gasteiger partial charge in [-0.05, 0) is 36.6 Å². The summed E-state index contributed by atoms with van der Waals surface area (Å²) in [6, 6.07) is 5.92. The summed E-state index contributed by atoms with van der Waals surface area (Å²) in [4.78, 5) is 0. The molecule has 78 valence electrons. The van der Waals surface area contributed by atoms with Crippen molar-refractivity contribution in [2.75, 3.05) is 6.61 Å². The van der Waals surface area contributed by atoms with Crippen LogP contribution in [0.3, 0.4) is 0 Å². The molecular weight excluding hydrogens is 310 g/mol. The van der Waals surface area contributed by atoms with E-state index in [1.807, 2.05) is 18.2 Å². The van der Waals surface area contributed by atoms with Crippen LogP contribution in [0.25, 0.3) is 0 Å². The minimum atomic E-state index is -0.0194. The van der Waals surface area contributed by atoms with Gasteiger partial charge in [0, 0.05) is 21.6 Å². The first-order valence-electron chi connectivity index (χ1n) is 4.46. The fourth-order valence-electron chi connectivity index (χ4n) is 1.27. The molecule has 1 aromatic carbocycles. The Labute approximate surface area is 101 Å². The van der Waals surface area contributed by atoms with Crippen molar-refractivity contribution in [3.05, 3.63) is 32.7 Å². The van der Waals surface area contributed by atoms with Gasteiger partial charge in [0.15, 0.2) is 0 Å². The Balaban J connectivity index is 2.77. The van der Waals surface area contributed by atoms with Crippen LogP contribution < -0.4 is 5.73 Å². The summed E-state index contributed by atoms with van der Waals surface area (Å²) in [6.45, 7) is 0.194. The standard InChI is InChI=1S/C10H13Br2NO/c11-7-3-4-9(12)8(6-7)10(13)2-1-5-14/h3-4,6,10,14H,1-2,5,13H2/t10-/m0/s1. The van der Waals surface area contributed by atoms with Gasteiger partial charge in [0.05, 0.1) is 0 Å². The first-order valence-corrected chi connectivity index (χ1v) is 6.05. The Bertz CT molecular complexity index is 304. The van der Waals surface area contributed by atoms with Crippen molar-refractivity contribution < 1.29 is 5.11 Å². The van der Waals surface area contributed by atoms with Gasteiger partial charge in [0.25, 0.3) is 0 Å². The smallest absolute Gasteiger partial charge is 0.0431 e. The molecule has 0 saturated heterocycles. The summed E-state index contributed by atoms with van der Waals surface area (Å²) in [5.74, 6) is 0. The Kier molecular flexibility index (Phi) is 5.09. The largest absolute Gasteiger partial charge is 0.396 e. The highest BCUT2D eigenvalue weighted by molar-refractivity contribution is 9.11. The summed E-state index contributed by atoms with van der Waals surface area (Å²) in [7, 11) is 0. The van der Waals surface area contributed by atoms with E-state index >= 15 is 0 Å². The van der Waals surface area contributed by atoms with Crippen LogP contribution in [-0.2, 0) is 0 Å². The van der Waals surface area contributed by atoms with Crippen molar-refractivity contribution in [1.29, 1.82) is 0 Å². The quantitative estimate of drug-likeness (QED) is 0.895. The van der Waals surface area contributed by atoms with Crippen LogP contribution >= 0.6 is 31.9 Å². The maximum Gasteiger partial charge on any atom is 0.0431 e. The molecule has 1 rings (SSSR count). The molecule has 0 aliphatic heterocycles. The number of benzene rings is 1. The van der Waals surface area contributed by atoms with Crippen LogP contribution in [0.15, 0.2) is 27.1 Å². The zero-order chi connectivity index (χ0) is 10.6. The summed E-state index contributed by atoms with van der Waals surface area (Å²) in [5, 5.41) is 8.71. The lowest BCUT2D eigenvalue weighted by molar-refractivity contribution is 0.280. The van der Waals surface area contributed by atoms with E-state index in [0.717, 1.165) is 27.4 Å². The number of rotatable bonds is 4. The van der Waals surface area contributed by atoms with Gasteiger partial charge in [-0.15, -0.1) is 0 Å². The lowest BCUT2D eigenvalue weighted by Crippen LogP contribution is -2.11. The molecule has 1 aromatic rings. The Morgan fingerprint density at radius 3 is 2.71 bits per heavy atom. The summed E-state index contributed by atoms with van der Waals surface area (Å²) in [6.07, 6.45) is 1.53. The van der Waals surface area contributed by atoms with Gasteiger partial charge in [0.1, 0.15) is 0 Å². The van der Waals surface area contributed by atoms with Gasteiger partial charge in [-0.1, -0.05) is 31.9 Å². The van der Waals surface area contributed by atoms with Crippen LogP contribution in [0.5, 0.6) is 0 Å². The van der Waals surface area contributed by atoms with Crippen molar-refractivity contribution in [1.82, 2.24) is 0 Å². The molecule has 1 atom stereocenters. The molecule has 0 saturated carbocycles. The third-order valence-electron chi connectivity index (χ3n) is 2.03. The van der Waals surface area contributed by atoms with Crippen LogP contribution in [0.2, 0.25) is 0 Å². The van der Waals surface area contributed by atoms with E-state index in [9.17, 15) is 0 Å². The van der Waals surface area contributed by atoms with Crippen molar-refractivity contribution >= 4 is 31.9 Å². The number of hydrogen-bond acceptors (Lipinski definition) is 2. The second-order valence-electron chi connectivity index (χ2n) is 3.14. The molecule has 3 N–H and O–H groups in total. The molecule has 0 bridgehead atoms. The topological polar surface area (TPSA) is 46.2 Å². The van der Waals surface area contributed by atoms with E-state index in [1.165, 1.54) is 0 Å². The van der Waals surface area contributed by atoms with Crippen LogP contribution in [0, 0.1) is 0 Å². The van der Waals surface area contributed by atoms with Crippen molar-refractivity contribution in [2.45, 2.75) is 18.9 Å². The van der Waals surface area contributed by atoms with Crippen LogP contribution in [0.1, 0.15) is 24.4 Å². The number of aliphatic hydroxyl groups is 1. The summed E-state index contributed by atoms with van der Waals surface area (Å²) in [5.41, 5.74) is 7.07. The first-order chi connectivity index (χ1) is 6.65. The van der Waals surface area contributed by atoms with Gasteiger partial charge in [-0.3, -0.25) is 0 Å². The minimum absolute atomic E-state index is 0.0194. The first kappa shape index (κ1) is 12.2. The molecule has 0 aliphatic carbocycles. The Hall–Kier alpha value is 0.1000. The summed E-state index contributed by atoms with van der Waals surface area (Å²) < 4.78 is 2.04. The monoisotopic (exact) mass is 321 g/mol. The molecule has 2 nitrogen and oxygen atoms in total. The fourth-order valence-corrected chi connectivity index (χ4v) is 2.18. The maximum atomic E-state index is 8.71. The Morgan fingerprint density at radius 1 is 1.36 bits per heavy atom. The zero-order valence-electron chi connectivity index (χ0n) is 7.71. The number of halogens is 2. The summed E-state index contributed by atoms with van der Waals surface area (Å²) >= 11 is 6.87. The van der Waals surface area contributed by atoms with Gasteiger partial charge in [-0.25, -0.2) is 0 Å². The predicted octanol–water partition coefficient (Wildman–Crippen LogP) is 2.98. The Morgan fingerprint density at radius 2 is 2.07 bits per heavy atom. The van der Waals surface area contributed by atoms with Crippen molar-refractivity contribution in [3.8, 4) is 0 Å². The number of aliphatic hydroxyl groups excluding tert-OH is 1. The molecule has 0 heterocycles.